The Bertz CT molecular complexity index is 944. The molecule has 0 aliphatic carbocycles. The number of allylic oxidation sites excluding steroid dienone is 1. The summed E-state index contributed by atoms with van der Waals surface area (Å²) in [5.74, 6) is -0.460. The van der Waals surface area contributed by atoms with Crippen LogP contribution in [0.2, 0.25) is 0 Å². The smallest absolute Gasteiger partial charge is 0.412 e. The Balaban J connectivity index is 2.25. The van der Waals surface area contributed by atoms with Gasteiger partial charge in [-0.15, -0.1) is 0 Å². The van der Waals surface area contributed by atoms with Crippen molar-refractivity contribution >= 4 is 17.7 Å². The molecule has 0 aliphatic heterocycles. The van der Waals surface area contributed by atoms with Crippen LogP contribution in [0.3, 0.4) is 0 Å². The van der Waals surface area contributed by atoms with Crippen LogP contribution in [0.25, 0.3) is 0 Å². The number of carbonyl (C=O) groups is 2. The number of phenols is 1. The van der Waals surface area contributed by atoms with E-state index < -0.39 is 24.2 Å². The molecule has 0 spiro atoms. The van der Waals surface area contributed by atoms with Gasteiger partial charge in [0.25, 0.3) is 5.91 Å². The second kappa shape index (κ2) is 13.1. The van der Waals surface area contributed by atoms with Crippen LogP contribution in [-0.4, -0.2) is 42.1 Å². The number of hydrogen-bond acceptors (Lipinski definition) is 7. The Morgan fingerprint density at radius 2 is 1.88 bits per heavy atom. The molecule has 2 aromatic carbocycles. The molecule has 0 bridgehead atoms. The third-order valence-electron chi connectivity index (χ3n) is 4.78. The maximum Gasteiger partial charge on any atom is 0.412 e. The van der Waals surface area contributed by atoms with Gasteiger partial charge in [0.15, 0.2) is 17.6 Å². The van der Waals surface area contributed by atoms with Crippen molar-refractivity contribution in [3.63, 3.8) is 0 Å². The summed E-state index contributed by atoms with van der Waals surface area (Å²) in [6.45, 7) is 4.11. The monoisotopic (exact) mass is 458 g/mol. The number of hydroxylamine groups is 1. The average Bonchev–Trinajstić information content (AvgIpc) is 2.81. The average molecular weight is 459 g/mol. The van der Waals surface area contributed by atoms with Gasteiger partial charge in [-0.25, -0.2) is 10.3 Å². The molecule has 0 radical (unpaired) electrons. The van der Waals surface area contributed by atoms with Crippen molar-refractivity contribution in [2.75, 3.05) is 19.0 Å². The fourth-order valence-corrected chi connectivity index (χ4v) is 3.17. The molecule has 2 aromatic rings. The summed E-state index contributed by atoms with van der Waals surface area (Å²) < 4.78 is 16.7. The molecule has 2 amide bonds. The zero-order valence-electron chi connectivity index (χ0n) is 18.9. The van der Waals surface area contributed by atoms with Crippen LogP contribution in [0.4, 0.5) is 10.5 Å². The zero-order chi connectivity index (χ0) is 24.2. The predicted molar refractivity (Wildman–Crippen MR) is 122 cm³/mol. The van der Waals surface area contributed by atoms with Gasteiger partial charge in [-0.3, -0.25) is 15.3 Å². The van der Waals surface area contributed by atoms with Gasteiger partial charge in [0, 0.05) is 18.4 Å². The molecular weight excluding hydrogens is 428 g/mol. The van der Waals surface area contributed by atoms with E-state index in [1.165, 1.54) is 24.7 Å². The second-order valence-corrected chi connectivity index (χ2v) is 7.20. The summed E-state index contributed by atoms with van der Waals surface area (Å²) in [4.78, 5) is 23.9. The molecule has 33 heavy (non-hydrogen) atoms. The van der Waals surface area contributed by atoms with E-state index in [2.05, 4.69) is 5.32 Å². The van der Waals surface area contributed by atoms with Gasteiger partial charge >= 0.3 is 6.09 Å². The van der Waals surface area contributed by atoms with Crippen molar-refractivity contribution in [3.8, 4) is 11.5 Å². The maximum atomic E-state index is 12.7. The molecule has 0 aromatic heterocycles. The highest BCUT2D eigenvalue weighted by Gasteiger charge is 2.28. The number of aromatic hydroxyl groups is 1. The Morgan fingerprint density at radius 1 is 1.15 bits per heavy atom. The molecule has 4 N–H and O–H groups in total. The minimum absolute atomic E-state index is 0.0997. The first-order valence-electron chi connectivity index (χ1n) is 10.5. The van der Waals surface area contributed by atoms with Crippen molar-refractivity contribution in [2.24, 2.45) is 0 Å². The van der Waals surface area contributed by atoms with Crippen LogP contribution < -0.4 is 15.5 Å². The molecule has 0 saturated carbocycles. The fraction of sp³-hybridized carbons (Fsp3) is 0.333. The van der Waals surface area contributed by atoms with E-state index in [9.17, 15) is 14.7 Å². The molecule has 9 heteroatoms. The number of rotatable bonds is 11. The minimum Gasteiger partial charge on any atom is -0.504 e. The van der Waals surface area contributed by atoms with E-state index in [1.54, 1.807) is 30.3 Å². The first-order chi connectivity index (χ1) is 15.9. The molecule has 178 valence electrons. The number of phenolic OH excluding ortho intramolecular Hbond substituents is 1. The van der Waals surface area contributed by atoms with E-state index in [0.717, 1.165) is 5.56 Å². The van der Waals surface area contributed by atoms with Gasteiger partial charge in [0.1, 0.15) is 0 Å². The predicted octanol–water partition coefficient (Wildman–Crippen LogP) is 4.25. The van der Waals surface area contributed by atoms with Crippen molar-refractivity contribution < 1.29 is 34.1 Å². The molecule has 0 unspecified atom stereocenters. The lowest BCUT2D eigenvalue weighted by molar-refractivity contribution is -0.124. The van der Waals surface area contributed by atoms with E-state index in [0.29, 0.717) is 30.7 Å². The number of benzene rings is 2. The molecular formula is C24H30N2O7. The first kappa shape index (κ1) is 25.7. The summed E-state index contributed by atoms with van der Waals surface area (Å²) in [5, 5.41) is 21.5. The highest BCUT2D eigenvalue weighted by molar-refractivity contribution is 5.86. The fourth-order valence-electron chi connectivity index (χ4n) is 3.17. The number of anilines is 1. The normalized spacial score (nSPS) is 12.7. The molecule has 2 atom stereocenters. The Labute approximate surface area is 192 Å². The highest BCUT2D eigenvalue weighted by Crippen LogP contribution is 2.34. The summed E-state index contributed by atoms with van der Waals surface area (Å²) in [6, 6.07) is 12.0. The SMILES string of the molecule is CCO[C@@H](CC/C=C/C(=O)NO)[C@@H](OC(=O)Nc1ccc(C)cc1)c1ccc(OC)c(O)c1. The molecule has 2 rings (SSSR count). The number of methoxy groups -OCH3 is 1. The number of ether oxygens (including phenoxy) is 3. The Hall–Kier alpha value is -3.56. The van der Waals surface area contributed by atoms with Crippen LogP contribution in [0.1, 0.15) is 37.0 Å². The molecule has 0 aliphatic rings. The van der Waals surface area contributed by atoms with Gasteiger partial charge in [0.05, 0.1) is 13.2 Å². The Morgan fingerprint density at radius 3 is 2.48 bits per heavy atom. The van der Waals surface area contributed by atoms with E-state index >= 15 is 0 Å². The van der Waals surface area contributed by atoms with E-state index in [1.807, 2.05) is 26.0 Å². The molecule has 9 nitrogen and oxygen atoms in total. The number of nitrogens with one attached hydrogen (secondary N) is 2. The highest BCUT2D eigenvalue weighted by atomic mass is 16.6. The topological polar surface area (TPSA) is 126 Å². The first-order valence-corrected chi connectivity index (χ1v) is 10.5. The van der Waals surface area contributed by atoms with Crippen molar-refractivity contribution in [3.05, 3.63) is 65.7 Å². The summed E-state index contributed by atoms with van der Waals surface area (Å²) in [7, 11) is 1.44. The van der Waals surface area contributed by atoms with Gasteiger partial charge in [-0.05, 0) is 56.5 Å². The number of aryl methyl sites for hydroxylation is 1. The van der Waals surface area contributed by atoms with Crippen LogP contribution in [0, 0.1) is 6.92 Å². The lowest BCUT2D eigenvalue weighted by Crippen LogP contribution is -2.29. The van der Waals surface area contributed by atoms with Gasteiger partial charge in [0.2, 0.25) is 0 Å². The molecule has 0 heterocycles. The van der Waals surface area contributed by atoms with Crippen LogP contribution in [-0.2, 0) is 14.3 Å². The zero-order valence-corrected chi connectivity index (χ0v) is 18.9. The number of amides is 2. The van der Waals surface area contributed by atoms with Crippen LogP contribution >= 0.6 is 0 Å². The standard InChI is InChI=1S/C24H30N2O7/c1-4-32-21(7-5-6-8-22(28)26-30)23(17-11-14-20(31-3)19(27)15-17)33-24(29)25-18-12-9-16(2)10-13-18/h6,8-15,21,23,27,30H,4-5,7H2,1-3H3,(H,25,29)(H,26,28)/b8-6+/t21-,23-/m0/s1. The maximum absolute atomic E-state index is 12.7. The summed E-state index contributed by atoms with van der Waals surface area (Å²) in [6.07, 6.45) is 1.48. The lowest BCUT2D eigenvalue weighted by atomic mass is 9.99. The van der Waals surface area contributed by atoms with Crippen molar-refractivity contribution in [1.82, 2.24) is 5.48 Å². The third kappa shape index (κ3) is 8.13. The van der Waals surface area contributed by atoms with Crippen LogP contribution in [0.15, 0.2) is 54.6 Å². The van der Waals surface area contributed by atoms with E-state index in [-0.39, 0.29) is 11.5 Å². The second-order valence-electron chi connectivity index (χ2n) is 7.20. The summed E-state index contributed by atoms with van der Waals surface area (Å²) in [5.41, 5.74) is 3.67. The number of carbonyl (C=O) groups excluding carboxylic acids is 2. The molecule has 0 saturated heterocycles. The largest absolute Gasteiger partial charge is 0.504 e. The Kier molecular flexibility index (Phi) is 10.2. The minimum atomic E-state index is -0.854. The van der Waals surface area contributed by atoms with Crippen molar-refractivity contribution in [2.45, 2.75) is 38.9 Å². The van der Waals surface area contributed by atoms with Crippen molar-refractivity contribution in [1.29, 1.82) is 0 Å². The summed E-state index contributed by atoms with van der Waals surface area (Å²) >= 11 is 0. The lowest BCUT2D eigenvalue weighted by Gasteiger charge is -2.27. The molecule has 0 fully saturated rings. The van der Waals surface area contributed by atoms with Gasteiger partial charge in [-0.2, -0.15) is 0 Å². The van der Waals surface area contributed by atoms with E-state index in [4.69, 9.17) is 19.4 Å². The number of hydrogen-bond donors (Lipinski definition) is 4. The van der Waals surface area contributed by atoms with Crippen LogP contribution in [0.5, 0.6) is 11.5 Å². The van der Waals surface area contributed by atoms with Gasteiger partial charge < -0.3 is 19.3 Å². The third-order valence-corrected chi connectivity index (χ3v) is 4.78. The quantitative estimate of drug-likeness (QED) is 0.225. The van der Waals surface area contributed by atoms with Gasteiger partial charge in [-0.1, -0.05) is 29.8 Å².